The summed E-state index contributed by atoms with van der Waals surface area (Å²) in [4.78, 5) is 25.6. The Labute approximate surface area is 176 Å². The number of carbonyl (C=O) groups is 1. The van der Waals surface area contributed by atoms with Crippen LogP contribution in [0.15, 0.2) is 29.9 Å². The third-order valence-corrected chi connectivity index (χ3v) is 5.46. The maximum Gasteiger partial charge on any atom is 0.251 e. The van der Waals surface area contributed by atoms with E-state index < -0.39 is 11.9 Å². The van der Waals surface area contributed by atoms with Gasteiger partial charge in [-0.1, -0.05) is 12.1 Å². The fraction of sp³-hybridized carbons (Fsp3) is 0.300. The minimum atomic E-state index is -0.842. The van der Waals surface area contributed by atoms with Gasteiger partial charge in [0.1, 0.15) is 6.10 Å². The Balaban J connectivity index is 1.78. The zero-order valence-corrected chi connectivity index (χ0v) is 17.3. The Bertz CT molecular complexity index is 1040. The maximum absolute atomic E-state index is 13.8. The van der Waals surface area contributed by atoms with Crippen molar-refractivity contribution in [2.24, 2.45) is 0 Å². The van der Waals surface area contributed by atoms with E-state index in [1.54, 1.807) is 37.6 Å². The number of carbonyl (C=O) groups excluding carboxylic acids is 1. The first kappa shape index (κ1) is 21.8. The van der Waals surface area contributed by atoms with E-state index in [0.717, 1.165) is 17.5 Å². The highest BCUT2D eigenvalue weighted by Crippen LogP contribution is 2.23. The number of benzene rings is 1. The normalized spacial score (nSPS) is 11.9. The van der Waals surface area contributed by atoms with E-state index in [4.69, 9.17) is 5.11 Å². The molecule has 0 fully saturated rings. The third-order valence-electron chi connectivity index (χ3n) is 4.43. The van der Waals surface area contributed by atoms with Crippen molar-refractivity contribution in [3.63, 3.8) is 0 Å². The van der Waals surface area contributed by atoms with Gasteiger partial charge in [-0.05, 0) is 25.5 Å². The van der Waals surface area contributed by atoms with E-state index in [1.165, 1.54) is 11.3 Å². The third kappa shape index (κ3) is 4.96. The Hall–Kier alpha value is -2.95. The lowest BCUT2D eigenvalue weighted by Crippen LogP contribution is -2.29. The zero-order valence-electron chi connectivity index (χ0n) is 16.5. The minimum absolute atomic E-state index is 0.0244. The molecule has 158 valence electrons. The van der Waals surface area contributed by atoms with Crippen LogP contribution >= 0.6 is 11.3 Å². The van der Waals surface area contributed by atoms with Crippen molar-refractivity contribution < 1.29 is 19.4 Å². The van der Waals surface area contributed by atoms with Crippen molar-refractivity contribution in [2.45, 2.75) is 20.0 Å². The minimum Gasteiger partial charge on any atom is -0.395 e. The molecule has 1 atom stereocenters. The second kappa shape index (κ2) is 9.70. The fourth-order valence-electron chi connectivity index (χ4n) is 2.82. The summed E-state index contributed by atoms with van der Waals surface area (Å²) in [6.45, 7) is 3.63. The smallest absolute Gasteiger partial charge is 0.251 e. The lowest BCUT2D eigenvalue weighted by Gasteiger charge is -2.13. The molecule has 4 N–H and O–H groups in total. The molecule has 0 spiro atoms. The van der Waals surface area contributed by atoms with Gasteiger partial charge in [0.05, 0.1) is 28.9 Å². The summed E-state index contributed by atoms with van der Waals surface area (Å²) in [7, 11) is 0. The number of thiazole rings is 1. The summed E-state index contributed by atoms with van der Waals surface area (Å²) in [6.07, 6.45) is 0.195. The molecule has 0 aliphatic rings. The van der Waals surface area contributed by atoms with Gasteiger partial charge in [0.2, 0.25) is 0 Å². The van der Waals surface area contributed by atoms with Crippen molar-refractivity contribution >= 4 is 23.1 Å². The zero-order chi connectivity index (χ0) is 21.7. The van der Waals surface area contributed by atoms with E-state index in [-0.39, 0.29) is 37.2 Å². The van der Waals surface area contributed by atoms with Gasteiger partial charge in [-0.15, -0.1) is 11.3 Å². The van der Waals surface area contributed by atoms with Crippen LogP contribution in [0.2, 0.25) is 0 Å². The number of aryl methyl sites for hydroxylation is 2. The Morgan fingerprint density at radius 1 is 1.30 bits per heavy atom. The lowest BCUT2D eigenvalue weighted by molar-refractivity contribution is 0.0917. The van der Waals surface area contributed by atoms with Crippen molar-refractivity contribution in [1.29, 1.82) is 0 Å². The number of hydrogen-bond acceptors (Lipinski definition) is 8. The molecule has 10 heteroatoms. The predicted octanol–water partition coefficient (Wildman–Crippen LogP) is 2.22. The molecule has 1 aromatic carbocycles. The monoisotopic (exact) mass is 431 g/mol. The van der Waals surface area contributed by atoms with E-state index in [2.05, 4.69) is 25.6 Å². The number of aliphatic hydroxyl groups excluding tert-OH is 2. The SMILES string of the molecule is Cc1ccc(-c2ncc(F)c(NCCO)n2)cc1C(=O)NC[C@@H](O)c1scnc1C. The summed E-state index contributed by atoms with van der Waals surface area (Å²) < 4.78 is 13.8. The lowest BCUT2D eigenvalue weighted by atomic mass is 10.0. The first-order valence-electron chi connectivity index (χ1n) is 9.25. The largest absolute Gasteiger partial charge is 0.395 e. The van der Waals surface area contributed by atoms with Crippen molar-refractivity contribution in [3.05, 3.63) is 57.4 Å². The highest BCUT2D eigenvalue weighted by atomic mass is 32.1. The average Bonchev–Trinajstić information content (AvgIpc) is 3.17. The second-order valence-electron chi connectivity index (χ2n) is 6.60. The number of anilines is 1. The molecule has 3 aromatic rings. The Kier molecular flexibility index (Phi) is 7.03. The van der Waals surface area contributed by atoms with Gasteiger partial charge in [-0.3, -0.25) is 4.79 Å². The summed E-state index contributed by atoms with van der Waals surface area (Å²) in [5, 5.41) is 24.6. The molecule has 3 rings (SSSR count). The number of amides is 1. The number of aromatic nitrogens is 3. The molecule has 2 heterocycles. The van der Waals surface area contributed by atoms with E-state index in [0.29, 0.717) is 16.0 Å². The molecular weight excluding hydrogens is 409 g/mol. The van der Waals surface area contributed by atoms with Gasteiger partial charge in [-0.2, -0.15) is 0 Å². The van der Waals surface area contributed by atoms with Crippen LogP contribution in [0.4, 0.5) is 10.2 Å². The summed E-state index contributed by atoms with van der Waals surface area (Å²) in [5.41, 5.74) is 4.06. The van der Waals surface area contributed by atoms with E-state index >= 15 is 0 Å². The molecule has 1 amide bonds. The van der Waals surface area contributed by atoms with Gasteiger partial charge in [-0.25, -0.2) is 19.3 Å². The van der Waals surface area contributed by atoms with Crippen LogP contribution in [0.3, 0.4) is 0 Å². The first-order chi connectivity index (χ1) is 14.4. The molecule has 0 aliphatic carbocycles. The number of hydrogen-bond donors (Lipinski definition) is 4. The molecule has 0 saturated heterocycles. The molecule has 0 bridgehead atoms. The summed E-state index contributed by atoms with van der Waals surface area (Å²) in [5.74, 6) is -0.768. The average molecular weight is 431 g/mol. The van der Waals surface area contributed by atoms with Gasteiger partial charge >= 0.3 is 0 Å². The van der Waals surface area contributed by atoms with Crippen LogP contribution in [0, 0.1) is 19.7 Å². The van der Waals surface area contributed by atoms with Crippen molar-refractivity contribution in [1.82, 2.24) is 20.3 Å². The molecular formula is C20H22FN5O3S. The van der Waals surface area contributed by atoms with E-state index in [9.17, 15) is 14.3 Å². The summed E-state index contributed by atoms with van der Waals surface area (Å²) in [6, 6.07) is 5.12. The number of halogens is 1. The number of rotatable bonds is 8. The van der Waals surface area contributed by atoms with Crippen LogP contribution in [0.5, 0.6) is 0 Å². The van der Waals surface area contributed by atoms with Crippen LogP contribution in [0.25, 0.3) is 11.4 Å². The fourth-order valence-corrected chi connectivity index (χ4v) is 3.61. The predicted molar refractivity (Wildman–Crippen MR) is 112 cm³/mol. The van der Waals surface area contributed by atoms with Gasteiger partial charge in [0.25, 0.3) is 5.91 Å². The second-order valence-corrected chi connectivity index (χ2v) is 7.48. The van der Waals surface area contributed by atoms with Gasteiger partial charge in [0.15, 0.2) is 17.5 Å². The van der Waals surface area contributed by atoms with Crippen molar-refractivity contribution in [3.8, 4) is 11.4 Å². The number of nitrogens with zero attached hydrogens (tertiary/aromatic N) is 3. The standard InChI is InChI=1S/C20H22FN5O3S/c1-11-3-4-13(18-23-8-15(21)19(26-18)22-5-6-27)7-14(11)20(29)24-9-16(28)17-12(2)25-10-30-17/h3-4,7-8,10,16,27-28H,5-6,9H2,1-2H3,(H,24,29)(H,22,23,26)/t16-/m1/s1. The topological polar surface area (TPSA) is 120 Å². The quantitative estimate of drug-likeness (QED) is 0.432. The van der Waals surface area contributed by atoms with Crippen LogP contribution in [-0.4, -0.2) is 50.8 Å². The number of nitrogens with one attached hydrogen (secondary N) is 2. The summed E-state index contributed by atoms with van der Waals surface area (Å²) >= 11 is 1.33. The van der Waals surface area contributed by atoms with Crippen molar-refractivity contribution in [2.75, 3.05) is 25.0 Å². The molecule has 30 heavy (non-hydrogen) atoms. The molecule has 0 aliphatic heterocycles. The van der Waals surface area contributed by atoms with Crippen LogP contribution in [0.1, 0.15) is 32.6 Å². The molecule has 2 aromatic heterocycles. The Morgan fingerprint density at radius 3 is 2.80 bits per heavy atom. The number of aliphatic hydroxyl groups is 2. The molecule has 8 nitrogen and oxygen atoms in total. The van der Waals surface area contributed by atoms with E-state index in [1.807, 2.05) is 0 Å². The van der Waals surface area contributed by atoms with Gasteiger partial charge < -0.3 is 20.8 Å². The highest BCUT2D eigenvalue weighted by molar-refractivity contribution is 7.09. The van der Waals surface area contributed by atoms with Crippen LogP contribution < -0.4 is 10.6 Å². The van der Waals surface area contributed by atoms with Crippen LogP contribution in [-0.2, 0) is 0 Å². The molecule has 0 radical (unpaired) electrons. The molecule has 0 unspecified atom stereocenters. The maximum atomic E-state index is 13.8. The Morgan fingerprint density at radius 2 is 2.10 bits per heavy atom. The van der Waals surface area contributed by atoms with Gasteiger partial charge in [0, 0.05) is 24.2 Å². The highest BCUT2D eigenvalue weighted by Gasteiger charge is 2.17. The first-order valence-corrected chi connectivity index (χ1v) is 10.1. The molecule has 0 saturated carbocycles.